The van der Waals surface area contributed by atoms with Crippen molar-refractivity contribution < 1.29 is 19.5 Å². The van der Waals surface area contributed by atoms with Gasteiger partial charge in [0.25, 0.3) is 0 Å². The van der Waals surface area contributed by atoms with Crippen LogP contribution >= 0.6 is 0 Å². The molecule has 23 heavy (non-hydrogen) atoms. The molecular weight excluding hydrogens is 294 g/mol. The molecule has 0 heterocycles. The maximum atomic E-state index is 10.9. The Labute approximate surface area is 136 Å². The van der Waals surface area contributed by atoms with Crippen molar-refractivity contribution in [2.45, 2.75) is 13.8 Å². The van der Waals surface area contributed by atoms with Gasteiger partial charge in [0.1, 0.15) is 6.21 Å². The normalized spacial score (nSPS) is 9.83. The summed E-state index contributed by atoms with van der Waals surface area (Å²) in [5.74, 6) is 1.34. The molecule has 0 bridgehead atoms. The van der Waals surface area contributed by atoms with Crippen molar-refractivity contribution in [2.75, 3.05) is 13.2 Å². The quantitative estimate of drug-likeness (QED) is 0.381. The van der Waals surface area contributed by atoms with Crippen LogP contribution in [0.3, 0.4) is 0 Å². The van der Waals surface area contributed by atoms with Crippen LogP contribution in [-0.4, -0.2) is 30.4 Å². The highest BCUT2D eigenvalue weighted by atomic mass is 16.5. The lowest BCUT2D eigenvalue weighted by Crippen LogP contribution is -1.98. The monoisotopic (exact) mass is 315 g/mol. The number of para-hydroxylation sites is 2. The van der Waals surface area contributed by atoms with Crippen molar-refractivity contribution in [3.05, 3.63) is 60.2 Å². The second-order valence-electron chi connectivity index (χ2n) is 4.29. The van der Waals surface area contributed by atoms with Crippen LogP contribution in [0, 0.1) is 0 Å². The summed E-state index contributed by atoms with van der Waals surface area (Å²) in [7, 11) is 0. The Morgan fingerprint density at radius 1 is 0.957 bits per heavy atom. The van der Waals surface area contributed by atoms with Gasteiger partial charge in [0.05, 0.1) is 13.2 Å². The van der Waals surface area contributed by atoms with Crippen molar-refractivity contribution >= 4 is 12.0 Å². The average molecular weight is 315 g/mol. The first kappa shape index (κ1) is 18.2. The molecule has 0 spiro atoms. The summed E-state index contributed by atoms with van der Waals surface area (Å²) < 4.78 is 10.7. The highest BCUT2D eigenvalue weighted by molar-refractivity contribution is 6.35. The van der Waals surface area contributed by atoms with Crippen LogP contribution in [0.15, 0.2) is 59.8 Å². The van der Waals surface area contributed by atoms with E-state index in [2.05, 4.69) is 5.16 Å². The van der Waals surface area contributed by atoms with Gasteiger partial charge in [0.2, 0.25) is 5.78 Å². The van der Waals surface area contributed by atoms with Crippen LogP contribution in [0.1, 0.15) is 24.2 Å². The van der Waals surface area contributed by atoms with Crippen LogP contribution in [0.2, 0.25) is 0 Å². The minimum absolute atomic E-state index is 0.298. The lowest BCUT2D eigenvalue weighted by molar-refractivity contribution is 0.106. The molecule has 0 saturated heterocycles. The number of oxime groups is 1. The van der Waals surface area contributed by atoms with Crippen LogP contribution < -0.4 is 9.47 Å². The maximum absolute atomic E-state index is 10.9. The van der Waals surface area contributed by atoms with E-state index in [-0.39, 0.29) is 5.78 Å². The molecule has 1 N–H and O–H groups in total. The van der Waals surface area contributed by atoms with E-state index in [1.165, 1.54) is 0 Å². The Hall–Kier alpha value is -2.82. The van der Waals surface area contributed by atoms with E-state index in [9.17, 15) is 4.79 Å². The third-order valence-corrected chi connectivity index (χ3v) is 2.68. The number of hydrogen-bond donors (Lipinski definition) is 1. The molecule has 0 aromatic heterocycles. The summed E-state index contributed by atoms with van der Waals surface area (Å²) in [5, 5.41) is 10.7. The van der Waals surface area contributed by atoms with Crippen molar-refractivity contribution in [3.8, 4) is 11.5 Å². The molecule has 0 saturated carbocycles. The molecular formula is C18H21NO4. The molecule has 0 atom stereocenters. The number of ether oxygens (including phenoxy) is 2. The number of Topliss-reactive ketones (excluding diaryl/α,β-unsaturated/α-hetero) is 1. The van der Waals surface area contributed by atoms with Gasteiger partial charge in [0, 0.05) is 5.56 Å². The van der Waals surface area contributed by atoms with E-state index in [4.69, 9.17) is 14.7 Å². The summed E-state index contributed by atoms with van der Waals surface area (Å²) in [6.07, 6.45) is 0.870. The fourth-order valence-electron chi connectivity index (χ4n) is 1.73. The van der Waals surface area contributed by atoms with Gasteiger partial charge in [-0.2, -0.15) is 0 Å². The average Bonchev–Trinajstić information content (AvgIpc) is 2.59. The van der Waals surface area contributed by atoms with Crippen molar-refractivity contribution in [3.63, 3.8) is 0 Å². The zero-order chi connectivity index (χ0) is 16.9. The van der Waals surface area contributed by atoms with Crippen LogP contribution in [0.5, 0.6) is 11.5 Å². The Balaban J connectivity index is 0.000000231. The fraction of sp³-hybridized carbons (Fsp3) is 0.222. The molecule has 0 aliphatic rings. The molecule has 2 aromatic rings. The van der Waals surface area contributed by atoms with Crippen LogP contribution in [0.4, 0.5) is 0 Å². The fourth-order valence-corrected chi connectivity index (χ4v) is 1.73. The first-order chi connectivity index (χ1) is 11.2. The SMILES string of the molecule is CCOc1ccccc1OCC.O=C(C=NO)c1ccccc1. The molecule has 5 heteroatoms. The van der Waals surface area contributed by atoms with E-state index in [1.807, 2.05) is 44.2 Å². The number of ketones is 1. The molecule has 0 unspecified atom stereocenters. The van der Waals surface area contributed by atoms with Gasteiger partial charge in [0.15, 0.2) is 11.5 Å². The largest absolute Gasteiger partial charge is 0.490 e. The third kappa shape index (κ3) is 6.65. The van der Waals surface area contributed by atoms with E-state index in [1.54, 1.807) is 24.3 Å². The first-order valence-corrected chi connectivity index (χ1v) is 7.34. The van der Waals surface area contributed by atoms with E-state index in [0.717, 1.165) is 17.7 Å². The van der Waals surface area contributed by atoms with Gasteiger partial charge in [-0.1, -0.05) is 47.6 Å². The van der Waals surface area contributed by atoms with Gasteiger partial charge < -0.3 is 14.7 Å². The number of carbonyl (C=O) groups is 1. The Bertz CT molecular complexity index is 586. The second-order valence-corrected chi connectivity index (χ2v) is 4.29. The molecule has 2 aromatic carbocycles. The molecule has 0 aliphatic carbocycles. The van der Waals surface area contributed by atoms with Crippen molar-refractivity contribution in [1.82, 2.24) is 0 Å². The highest BCUT2D eigenvalue weighted by Gasteiger charge is 2.00. The maximum Gasteiger partial charge on any atom is 0.207 e. The van der Waals surface area contributed by atoms with Crippen molar-refractivity contribution in [2.24, 2.45) is 5.16 Å². The van der Waals surface area contributed by atoms with Gasteiger partial charge in [-0.05, 0) is 26.0 Å². The number of benzene rings is 2. The minimum Gasteiger partial charge on any atom is -0.490 e. The van der Waals surface area contributed by atoms with Gasteiger partial charge in [-0.3, -0.25) is 4.79 Å². The molecule has 0 fully saturated rings. The lowest BCUT2D eigenvalue weighted by atomic mass is 10.1. The molecule has 5 nitrogen and oxygen atoms in total. The summed E-state index contributed by atoms with van der Waals surface area (Å²) in [6, 6.07) is 16.3. The van der Waals surface area contributed by atoms with Crippen molar-refractivity contribution in [1.29, 1.82) is 0 Å². The number of rotatable bonds is 6. The standard InChI is InChI=1S/C10H14O2.C8H7NO2/c1-3-11-9-7-5-6-8-10(9)12-4-2;10-8(6-9-11)7-4-2-1-3-5-7/h5-8H,3-4H2,1-2H3;1-6,11H. The second kappa shape index (κ2) is 10.8. The topological polar surface area (TPSA) is 68.1 Å². The molecule has 0 radical (unpaired) electrons. The summed E-state index contributed by atoms with van der Waals surface area (Å²) in [6.45, 7) is 5.26. The predicted molar refractivity (Wildman–Crippen MR) is 89.8 cm³/mol. The summed E-state index contributed by atoms with van der Waals surface area (Å²) in [4.78, 5) is 10.9. The Morgan fingerprint density at radius 2 is 1.43 bits per heavy atom. The lowest BCUT2D eigenvalue weighted by Gasteiger charge is -2.09. The van der Waals surface area contributed by atoms with Gasteiger partial charge in [-0.25, -0.2) is 0 Å². The third-order valence-electron chi connectivity index (χ3n) is 2.68. The van der Waals surface area contributed by atoms with Gasteiger partial charge in [-0.15, -0.1) is 0 Å². The number of nitrogens with zero attached hydrogens (tertiary/aromatic N) is 1. The zero-order valence-corrected chi connectivity index (χ0v) is 13.3. The zero-order valence-electron chi connectivity index (χ0n) is 13.3. The minimum atomic E-state index is -0.298. The first-order valence-electron chi connectivity index (χ1n) is 7.34. The highest BCUT2D eigenvalue weighted by Crippen LogP contribution is 2.25. The summed E-state index contributed by atoms with van der Waals surface area (Å²) in [5.41, 5.74) is 0.519. The number of carbonyl (C=O) groups excluding carboxylic acids is 1. The van der Waals surface area contributed by atoms with Crippen LogP contribution in [-0.2, 0) is 0 Å². The Kier molecular flexibility index (Phi) is 8.59. The summed E-state index contributed by atoms with van der Waals surface area (Å²) >= 11 is 0. The Morgan fingerprint density at radius 3 is 1.87 bits per heavy atom. The predicted octanol–water partition coefficient (Wildman–Crippen LogP) is 3.81. The number of hydrogen-bond acceptors (Lipinski definition) is 5. The molecule has 0 aliphatic heterocycles. The van der Waals surface area contributed by atoms with Crippen LogP contribution in [0.25, 0.3) is 0 Å². The molecule has 0 amide bonds. The molecule has 2 rings (SSSR count). The van der Waals surface area contributed by atoms with Gasteiger partial charge >= 0.3 is 0 Å². The molecule has 122 valence electrons. The van der Waals surface area contributed by atoms with E-state index in [0.29, 0.717) is 18.8 Å². The van der Waals surface area contributed by atoms with E-state index >= 15 is 0 Å². The van der Waals surface area contributed by atoms with E-state index < -0.39 is 0 Å². The smallest absolute Gasteiger partial charge is 0.207 e.